The van der Waals surface area contributed by atoms with E-state index in [0.717, 1.165) is 28.0 Å². The first-order valence-corrected chi connectivity index (χ1v) is 10.8. The Kier molecular flexibility index (Phi) is 5.37. The van der Waals surface area contributed by atoms with Crippen molar-refractivity contribution in [1.29, 1.82) is 0 Å². The number of benzene rings is 2. The number of carbonyl (C=O) groups is 2. The number of aromatic nitrogens is 2. The lowest BCUT2D eigenvalue weighted by Crippen LogP contribution is -2.27. The van der Waals surface area contributed by atoms with E-state index in [0.29, 0.717) is 15.6 Å². The number of imidazole rings is 1. The van der Waals surface area contributed by atoms with E-state index in [-0.39, 0.29) is 11.8 Å². The monoisotopic (exact) mass is 432 g/mol. The molecular weight excluding hydrogens is 408 g/mol. The molecule has 158 valence electrons. The van der Waals surface area contributed by atoms with Crippen LogP contribution in [0.15, 0.2) is 54.6 Å². The van der Waals surface area contributed by atoms with Gasteiger partial charge in [0.15, 0.2) is 0 Å². The van der Waals surface area contributed by atoms with Gasteiger partial charge in [-0.3, -0.25) is 9.59 Å². The molecule has 0 saturated carbocycles. The maximum Gasteiger partial charge on any atom is 0.266 e. The number of para-hydroxylation sites is 2. The summed E-state index contributed by atoms with van der Waals surface area (Å²) < 4.78 is 0. The predicted octanol–water partition coefficient (Wildman–Crippen LogP) is 5.84. The van der Waals surface area contributed by atoms with Gasteiger partial charge in [0.2, 0.25) is 5.91 Å². The average molecular weight is 433 g/mol. The Bertz CT molecular complexity index is 1250. The molecule has 4 aromatic rings. The summed E-state index contributed by atoms with van der Waals surface area (Å²) in [6.45, 7) is 7.42. The number of hydrogen-bond donors (Lipinski definition) is 3. The summed E-state index contributed by atoms with van der Waals surface area (Å²) in [5, 5.41) is 6.51. The number of aryl methyl sites for hydroxylation is 1. The first-order chi connectivity index (χ1) is 14.7. The Labute approximate surface area is 184 Å². The van der Waals surface area contributed by atoms with Crippen molar-refractivity contribution >= 4 is 44.9 Å². The van der Waals surface area contributed by atoms with Crippen LogP contribution < -0.4 is 10.6 Å². The summed E-state index contributed by atoms with van der Waals surface area (Å²) in [4.78, 5) is 33.6. The Morgan fingerprint density at radius 2 is 1.77 bits per heavy atom. The molecule has 2 aromatic carbocycles. The van der Waals surface area contributed by atoms with Gasteiger partial charge in [-0.05, 0) is 42.8 Å². The minimum atomic E-state index is -0.503. The SMILES string of the molecule is Cc1cc(NC(=O)C(C)(C)C)sc1C(=O)Nc1cccc(-c2nc3ccccc3[nH]2)c1. The number of thiophene rings is 1. The molecule has 7 heteroatoms. The van der Waals surface area contributed by atoms with Gasteiger partial charge in [-0.1, -0.05) is 45.0 Å². The lowest BCUT2D eigenvalue weighted by atomic mass is 9.96. The van der Waals surface area contributed by atoms with Crippen molar-refractivity contribution in [2.24, 2.45) is 5.41 Å². The molecule has 0 aliphatic carbocycles. The van der Waals surface area contributed by atoms with E-state index < -0.39 is 5.41 Å². The molecule has 0 aliphatic rings. The number of carbonyl (C=O) groups excluding carboxylic acids is 2. The maximum atomic E-state index is 12.9. The highest BCUT2D eigenvalue weighted by atomic mass is 32.1. The van der Waals surface area contributed by atoms with Crippen molar-refractivity contribution < 1.29 is 9.59 Å². The molecule has 0 unspecified atom stereocenters. The van der Waals surface area contributed by atoms with Crippen molar-refractivity contribution in [2.75, 3.05) is 10.6 Å². The fraction of sp³-hybridized carbons (Fsp3) is 0.208. The Balaban J connectivity index is 1.53. The van der Waals surface area contributed by atoms with E-state index in [2.05, 4.69) is 20.6 Å². The van der Waals surface area contributed by atoms with E-state index in [1.165, 1.54) is 11.3 Å². The van der Waals surface area contributed by atoms with Crippen LogP contribution in [0.3, 0.4) is 0 Å². The van der Waals surface area contributed by atoms with Crippen LogP contribution in [0.1, 0.15) is 36.0 Å². The van der Waals surface area contributed by atoms with E-state index in [9.17, 15) is 9.59 Å². The molecule has 0 saturated heterocycles. The molecule has 2 aromatic heterocycles. The number of fused-ring (bicyclic) bond motifs is 1. The summed E-state index contributed by atoms with van der Waals surface area (Å²) >= 11 is 1.27. The van der Waals surface area contributed by atoms with Gasteiger partial charge in [-0.2, -0.15) is 0 Å². The van der Waals surface area contributed by atoms with Gasteiger partial charge in [0.1, 0.15) is 5.82 Å². The largest absolute Gasteiger partial charge is 0.338 e. The average Bonchev–Trinajstić information content (AvgIpc) is 3.31. The Morgan fingerprint density at radius 1 is 1.00 bits per heavy atom. The zero-order chi connectivity index (χ0) is 22.2. The number of amides is 2. The Hall–Kier alpha value is -3.45. The first-order valence-electron chi connectivity index (χ1n) is 9.99. The third kappa shape index (κ3) is 4.51. The highest BCUT2D eigenvalue weighted by Gasteiger charge is 2.23. The van der Waals surface area contributed by atoms with Crippen LogP contribution in [0.25, 0.3) is 22.4 Å². The van der Waals surface area contributed by atoms with Crippen molar-refractivity contribution in [3.63, 3.8) is 0 Å². The molecule has 4 rings (SSSR count). The van der Waals surface area contributed by atoms with Crippen molar-refractivity contribution in [3.05, 3.63) is 65.0 Å². The zero-order valence-corrected chi connectivity index (χ0v) is 18.7. The van der Waals surface area contributed by atoms with Crippen molar-refractivity contribution in [1.82, 2.24) is 9.97 Å². The molecule has 0 bridgehead atoms. The third-order valence-corrected chi connectivity index (χ3v) is 5.98. The Morgan fingerprint density at radius 3 is 2.52 bits per heavy atom. The standard InChI is InChI=1S/C24H24N4O2S/c1-14-12-19(28-23(30)24(2,3)4)31-20(14)22(29)25-16-9-7-8-15(13-16)21-26-17-10-5-6-11-18(17)27-21/h5-13H,1-4H3,(H,25,29)(H,26,27)(H,28,30). The summed E-state index contributed by atoms with van der Waals surface area (Å²) in [5.74, 6) is 0.455. The quantitative estimate of drug-likeness (QED) is 0.379. The fourth-order valence-electron chi connectivity index (χ4n) is 3.09. The summed E-state index contributed by atoms with van der Waals surface area (Å²) in [6.07, 6.45) is 0. The highest BCUT2D eigenvalue weighted by molar-refractivity contribution is 7.18. The highest BCUT2D eigenvalue weighted by Crippen LogP contribution is 2.30. The number of anilines is 2. The summed E-state index contributed by atoms with van der Waals surface area (Å²) in [5.41, 5.74) is 3.74. The van der Waals surface area contributed by atoms with Crippen molar-refractivity contribution in [3.8, 4) is 11.4 Å². The predicted molar refractivity (Wildman–Crippen MR) is 127 cm³/mol. The second-order valence-corrected chi connectivity index (χ2v) is 9.52. The fourth-order valence-corrected chi connectivity index (χ4v) is 4.05. The molecule has 0 aliphatic heterocycles. The van der Waals surface area contributed by atoms with E-state index in [1.807, 2.05) is 82.3 Å². The van der Waals surface area contributed by atoms with Gasteiger partial charge < -0.3 is 15.6 Å². The normalized spacial score (nSPS) is 11.5. The number of aromatic amines is 1. The molecule has 2 amide bonds. The first kappa shape index (κ1) is 20.8. The molecule has 3 N–H and O–H groups in total. The number of nitrogens with one attached hydrogen (secondary N) is 3. The minimum absolute atomic E-state index is 0.0840. The van der Waals surface area contributed by atoms with Gasteiger partial charge >= 0.3 is 0 Å². The smallest absolute Gasteiger partial charge is 0.266 e. The minimum Gasteiger partial charge on any atom is -0.338 e. The van der Waals surface area contributed by atoms with Gasteiger partial charge in [-0.25, -0.2) is 4.98 Å². The molecule has 6 nitrogen and oxygen atoms in total. The van der Waals surface area contributed by atoms with E-state index in [4.69, 9.17) is 0 Å². The number of H-pyrrole nitrogens is 1. The lowest BCUT2D eigenvalue weighted by molar-refractivity contribution is -0.123. The van der Waals surface area contributed by atoms with E-state index in [1.54, 1.807) is 0 Å². The summed E-state index contributed by atoms with van der Waals surface area (Å²) in [7, 11) is 0. The number of rotatable bonds is 4. The zero-order valence-electron chi connectivity index (χ0n) is 17.9. The molecule has 0 atom stereocenters. The molecule has 0 fully saturated rings. The van der Waals surface area contributed by atoms with Gasteiger partial charge in [-0.15, -0.1) is 11.3 Å². The van der Waals surface area contributed by atoms with Crippen LogP contribution in [-0.4, -0.2) is 21.8 Å². The lowest BCUT2D eigenvalue weighted by Gasteiger charge is -2.16. The second kappa shape index (κ2) is 8.00. The topological polar surface area (TPSA) is 86.9 Å². The number of nitrogens with zero attached hydrogens (tertiary/aromatic N) is 1. The number of hydrogen-bond acceptors (Lipinski definition) is 4. The molecule has 2 heterocycles. The van der Waals surface area contributed by atoms with Crippen LogP contribution >= 0.6 is 11.3 Å². The second-order valence-electron chi connectivity index (χ2n) is 8.46. The molecule has 31 heavy (non-hydrogen) atoms. The van der Waals surface area contributed by atoms with Crippen LogP contribution in [0.4, 0.5) is 10.7 Å². The van der Waals surface area contributed by atoms with Gasteiger partial charge in [0.05, 0.1) is 20.9 Å². The van der Waals surface area contributed by atoms with Crippen LogP contribution in [0.5, 0.6) is 0 Å². The van der Waals surface area contributed by atoms with E-state index >= 15 is 0 Å². The third-order valence-electron chi connectivity index (χ3n) is 4.83. The maximum absolute atomic E-state index is 12.9. The molecule has 0 spiro atoms. The van der Waals surface area contributed by atoms with Crippen LogP contribution in [-0.2, 0) is 4.79 Å². The van der Waals surface area contributed by atoms with Crippen molar-refractivity contribution in [2.45, 2.75) is 27.7 Å². The van der Waals surface area contributed by atoms with Crippen LogP contribution in [0, 0.1) is 12.3 Å². The van der Waals surface area contributed by atoms with Gasteiger partial charge in [0, 0.05) is 16.7 Å². The summed E-state index contributed by atoms with van der Waals surface area (Å²) in [6, 6.07) is 17.2. The molecular formula is C24H24N4O2S. The van der Waals surface area contributed by atoms with Crippen LogP contribution in [0.2, 0.25) is 0 Å². The molecule has 0 radical (unpaired) electrons. The van der Waals surface area contributed by atoms with Gasteiger partial charge in [0.25, 0.3) is 5.91 Å².